The second-order valence-electron chi connectivity index (χ2n) is 6.22. The van der Waals surface area contributed by atoms with Crippen LogP contribution in [-0.2, 0) is 25.5 Å². The molecular formula is C22H24O5. The Morgan fingerprint density at radius 3 is 2.00 bits per heavy atom. The van der Waals surface area contributed by atoms with Gasteiger partial charge in [0.1, 0.15) is 0 Å². The number of methoxy groups -OCH3 is 2. The minimum absolute atomic E-state index is 0.0468. The lowest BCUT2D eigenvalue weighted by Crippen LogP contribution is -2.43. The van der Waals surface area contributed by atoms with Crippen LogP contribution in [0.25, 0.3) is 0 Å². The summed E-state index contributed by atoms with van der Waals surface area (Å²) in [6.45, 7) is 0. The van der Waals surface area contributed by atoms with E-state index < -0.39 is 23.5 Å². The van der Waals surface area contributed by atoms with Crippen LogP contribution in [0, 0.1) is 5.41 Å². The van der Waals surface area contributed by atoms with E-state index in [9.17, 15) is 14.7 Å². The van der Waals surface area contributed by atoms with Crippen molar-refractivity contribution in [1.82, 2.24) is 0 Å². The van der Waals surface area contributed by atoms with Crippen molar-refractivity contribution in [1.29, 1.82) is 0 Å². The molecule has 5 heteroatoms. The third-order valence-electron chi connectivity index (χ3n) is 4.43. The highest BCUT2D eigenvalue weighted by Gasteiger charge is 2.47. The summed E-state index contributed by atoms with van der Waals surface area (Å²) in [5.74, 6) is -1.34. The van der Waals surface area contributed by atoms with Gasteiger partial charge in [-0.3, -0.25) is 9.59 Å². The predicted molar refractivity (Wildman–Crippen MR) is 102 cm³/mol. The summed E-state index contributed by atoms with van der Waals surface area (Å²) >= 11 is 0. The number of ether oxygens (including phenoxy) is 2. The van der Waals surface area contributed by atoms with Crippen LogP contribution in [-0.4, -0.2) is 31.3 Å². The Labute approximate surface area is 159 Å². The van der Waals surface area contributed by atoms with Crippen molar-refractivity contribution in [3.8, 4) is 0 Å². The molecule has 0 aliphatic carbocycles. The number of benzene rings is 2. The van der Waals surface area contributed by atoms with Crippen molar-refractivity contribution >= 4 is 11.9 Å². The maximum atomic E-state index is 12.6. The first-order valence-electron chi connectivity index (χ1n) is 8.64. The normalized spacial score (nSPS) is 12.6. The van der Waals surface area contributed by atoms with E-state index in [-0.39, 0.29) is 12.8 Å². The molecule has 2 rings (SSSR count). The number of hydrogen-bond acceptors (Lipinski definition) is 5. The molecule has 0 aliphatic rings. The van der Waals surface area contributed by atoms with Gasteiger partial charge in [0.25, 0.3) is 0 Å². The molecule has 1 N–H and O–H groups in total. The Morgan fingerprint density at radius 2 is 1.48 bits per heavy atom. The molecule has 0 heterocycles. The van der Waals surface area contributed by atoms with Crippen LogP contribution in [0.4, 0.5) is 0 Å². The van der Waals surface area contributed by atoms with Crippen LogP contribution in [0.15, 0.2) is 72.8 Å². The molecule has 5 nitrogen and oxygen atoms in total. The Morgan fingerprint density at radius 1 is 0.963 bits per heavy atom. The maximum absolute atomic E-state index is 12.6. The van der Waals surface area contributed by atoms with Gasteiger partial charge < -0.3 is 14.6 Å². The molecule has 0 radical (unpaired) electrons. The third kappa shape index (κ3) is 5.05. The van der Waals surface area contributed by atoms with Gasteiger partial charge in [0.2, 0.25) is 0 Å². The van der Waals surface area contributed by atoms with Crippen LogP contribution >= 0.6 is 0 Å². The zero-order valence-corrected chi connectivity index (χ0v) is 15.5. The van der Waals surface area contributed by atoms with Crippen molar-refractivity contribution in [3.05, 3.63) is 83.9 Å². The van der Waals surface area contributed by atoms with Gasteiger partial charge >= 0.3 is 11.9 Å². The highest BCUT2D eigenvalue weighted by atomic mass is 16.5. The van der Waals surface area contributed by atoms with Crippen LogP contribution in [0.2, 0.25) is 0 Å². The van der Waals surface area contributed by atoms with Gasteiger partial charge in [-0.05, 0) is 24.0 Å². The highest BCUT2D eigenvalue weighted by molar-refractivity contribution is 6.00. The average Bonchev–Trinajstić information content (AvgIpc) is 2.73. The minimum Gasteiger partial charge on any atom is -0.468 e. The number of aliphatic hydroxyl groups excluding tert-OH is 1. The fourth-order valence-corrected chi connectivity index (χ4v) is 2.96. The monoisotopic (exact) mass is 368 g/mol. The molecule has 1 atom stereocenters. The highest BCUT2D eigenvalue weighted by Crippen LogP contribution is 2.32. The molecule has 27 heavy (non-hydrogen) atoms. The molecule has 0 aliphatic heterocycles. The van der Waals surface area contributed by atoms with Crippen molar-refractivity contribution in [2.75, 3.05) is 14.2 Å². The quantitative estimate of drug-likeness (QED) is 0.440. The molecule has 2 aromatic carbocycles. The Balaban J connectivity index is 2.29. The fraction of sp³-hybridized carbons (Fsp3) is 0.273. The lowest BCUT2D eigenvalue weighted by atomic mass is 9.78. The maximum Gasteiger partial charge on any atom is 0.323 e. The first kappa shape index (κ1) is 20.4. The number of hydrogen-bond donors (Lipinski definition) is 1. The zero-order chi connectivity index (χ0) is 19.7. The third-order valence-corrected chi connectivity index (χ3v) is 4.43. The van der Waals surface area contributed by atoms with E-state index in [4.69, 9.17) is 9.47 Å². The van der Waals surface area contributed by atoms with E-state index in [1.807, 2.05) is 48.5 Å². The average molecular weight is 368 g/mol. The molecule has 142 valence electrons. The van der Waals surface area contributed by atoms with Crippen molar-refractivity contribution < 1.29 is 24.2 Å². The van der Waals surface area contributed by atoms with E-state index >= 15 is 0 Å². The summed E-state index contributed by atoms with van der Waals surface area (Å²) in [5.41, 5.74) is 0.0152. The second kappa shape index (κ2) is 9.69. The van der Waals surface area contributed by atoms with E-state index in [2.05, 4.69) is 0 Å². The standard InChI is InChI=1S/C22H24O5/c1-26-20(24)22(21(25)27-2,16-17-10-5-3-6-11-17)15-9-14-19(23)18-12-7-4-8-13-18/h3-14,19,23H,15-16H2,1-2H3/b14-9-. The zero-order valence-electron chi connectivity index (χ0n) is 15.5. The summed E-state index contributed by atoms with van der Waals surface area (Å²) in [6, 6.07) is 18.3. The molecule has 1 unspecified atom stereocenters. The fourth-order valence-electron chi connectivity index (χ4n) is 2.96. The van der Waals surface area contributed by atoms with Crippen LogP contribution < -0.4 is 0 Å². The largest absolute Gasteiger partial charge is 0.468 e. The lowest BCUT2D eigenvalue weighted by Gasteiger charge is -2.27. The molecule has 2 aromatic rings. The molecule has 0 saturated heterocycles. The van der Waals surface area contributed by atoms with Crippen LogP contribution in [0.5, 0.6) is 0 Å². The van der Waals surface area contributed by atoms with Crippen molar-refractivity contribution in [2.45, 2.75) is 18.9 Å². The van der Waals surface area contributed by atoms with Gasteiger partial charge in [0.05, 0.1) is 20.3 Å². The van der Waals surface area contributed by atoms with Gasteiger partial charge in [-0.25, -0.2) is 0 Å². The van der Waals surface area contributed by atoms with Crippen LogP contribution in [0.1, 0.15) is 23.7 Å². The summed E-state index contributed by atoms with van der Waals surface area (Å²) in [7, 11) is 2.49. The Kier molecular flexibility index (Phi) is 7.32. The number of allylic oxidation sites excluding steroid dienone is 1. The smallest absolute Gasteiger partial charge is 0.323 e. The lowest BCUT2D eigenvalue weighted by molar-refractivity contribution is -0.169. The van der Waals surface area contributed by atoms with E-state index in [0.29, 0.717) is 0 Å². The molecule has 0 spiro atoms. The summed E-state index contributed by atoms with van der Waals surface area (Å²) in [6.07, 6.45) is 2.52. The Hall–Kier alpha value is -2.92. The molecule has 0 bridgehead atoms. The van der Waals surface area contributed by atoms with Gasteiger partial charge in [0.15, 0.2) is 5.41 Å². The van der Waals surface area contributed by atoms with Gasteiger partial charge in [-0.2, -0.15) is 0 Å². The molecule has 0 amide bonds. The first-order chi connectivity index (χ1) is 13.0. The van der Waals surface area contributed by atoms with Crippen molar-refractivity contribution in [2.24, 2.45) is 5.41 Å². The second-order valence-corrected chi connectivity index (χ2v) is 6.22. The van der Waals surface area contributed by atoms with Gasteiger partial charge in [0, 0.05) is 0 Å². The number of carbonyl (C=O) groups excluding carboxylic acids is 2. The number of esters is 2. The summed E-state index contributed by atoms with van der Waals surface area (Å²) < 4.78 is 9.83. The van der Waals surface area contributed by atoms with E-state index in [0.717, 1.165) is 11.1 Å². The topological polar surface area (TPSA) is 72.8 Å². The number of rotatable bonds is 8. The van der Waals surface area contributed by atoms with Crippen molar-refractivity contribution in [3.63, 3.8) is 0 Å². The number of carbonyl (C=O) groups is 2. The molecule has 0 fully saturated rings. The van der Waals surface area contributed by atoms with Gasteiger partial charge in [-0.15, -0.1) is 0 Å². The molecule has 0 aromatic heterocycles. The van der Waals surface area contributed by atoms with E-state index in [1.54, 1.807) is 24.3 Å². The van der Waals surface area contributed by atoms with Gasteiger partial charge in [-0.1, -0.05) is 72.8 Å². The Bertz CT molecular complexity index is 752. The first-order valence-corrected chi connectivity index (χ1v) is 8.64. The predicted octanol–water partition coefficient (Wildman–Crippen LogP) is 3.24. The molecule has 0 saturated carbocycles. The van der Waals surface area contributed by atoms with E-state index in [1.165, 1.54) is 14.2 Å². The number of aliphatic hydroxyl groups is 1. The van der Waals surface area contributed by atoms with Crippen LogP contribution in [0.3, 0.4) is 0 Å². The minimum atomic E-state index is -1.52. The SMILES string of the molecule is COC(=O)C(C/C=C\C(O)c1ccccc1)(Cc1ccccc1)C(=O)OC. The summed E-state index contributed by atoms with van der Waals surface area (Å²) in [4.78, 5) is 25.1. The molecular weight excluding hydrogens is 344 g/mol. The summed E-state index contributed by atoms with van der Waals surface area (Å²) in [5, 5.41) is 10.3.